The fraction of sp³-hybridized carbons (Fsp3) is 0.846. The number of hydrogen-bond acceptors (Lipinski definition) is 4. The minimum atomic E-state index is -3.12. The Balaban J connectivity index is 4.30. The van der Waals surface area contributed by atoms with E-state index in [0.717, 1.165) is 6.26 Å². The Morgan fingerprint density at radius 3 is 2.29 bits per heavy atom. The van der Waals surface area contributed by atoms with Crippen molar-refractivity contribution in [3.05, 3.63) is 0 Å². The summed E-state index contributed by atoms with van der Waals surface area (Å²) in [5.74, 6) is -0.772. The van der Waals surface area contributed by atoms with Gasteiger partial charge in [-0.25, -0.2) is 13.2 Å². The van der Waals surface area contributed by atoms with E-state index in [1.165, 1.54) is 11.9 Å². The number of rotatable bonds is 9. The standard InChI is InChI=1S/C13H26N2O5S/c1-10(2)7-11(8-12(16)17)9-14-13(18)15(3)5-6-21(4,19)20/h10-11H,5-9H2,1-4H3,(H,14,18)(H,16,17). The van der Waals surface area contributed by atoms with Gasteiger partial charge in [-0.2, -0.15) is 0 Å². The minimum absolute atomic E-state index is 0.00547. The first-order valence-electron chi connectivity index (χ1n) is 6.89. The molecule has 0 aliphatic rings. The molecule has 0 aliphatic carbocycles. The molecule has 0 saturated heterocycles. The lowest BCUT2D eigenvalue weighted by Gasteiger charge is -2.21. The Morgan fingerprint density at radius 2 is 1.86 bits per heavy atom. The van der Waals surface area contributed by atoms with Crippen molar-refractivity contribution in [2.75, 3.05) is 32.1 Å². The SMILES string of the molecule is CC(C)CC(CNC(=O)N(C)CCS(C)(=O)=O)CC(=O)O. The molecule has 124 valence electrons. The highest BCUT2D eigenvalue weighted by Gasteiger charge is 2.17. The maximum Gasteiger partial charge on any atom is 0.317 e. The highest BCUT2D eigenvalue weighted by molar-refractivity contribution is 7.90. The maximum atomic E-state index is 11.8. The van der Waals surface area contributed by atoms with Crippen molar-refractivity contribution in [3.8, 4) is 0 Å². The normalized spacial score (nSPS) is 13.0. The molecule has 0 heterocycles. The molecule has 2 N–H and O–H groups in total. The number of hydrogen-bond donors (Lipinski definition) is 2. The Hall–Kier alpha value is -1.31. The van der Waals surface area contributed by atoms with Crippen molar-refractivity contribution in [3.63, 3.8) is 0 Å². The van der Waals surface area contributed by atoms with Gasteiger partial charge < -0.3 is 15.3 Å². The third-order valence-corrected chi connectivity index (χ3v) is 3.88. The second kappa shape index (κ2) is 8.86. The maximum absolute atomic E-state index is 11.8. The lowest BCUT2D eigenvalue weighted by Crippen LogP contribution is -2.41. The van der Waals surface area contributed by atoms with Crippen LogP contribution in [0.5, 0.6) is 0 Å². The highest BCUT2D eigenvalue weighted by atomic mass is 32.2. The van der Waals surface area contributed by atoms with Crippen molar-refractivity contribution in [2.24, 2.45) is 11.8 Å². The van der Waals surface area contributed by atoms with E-state index in [4.69, 9.17) is 5.11 Å². The number of carbonyl (C=O) groups is 2. The molecular formula is C13H26N2O5S. The van der Waals surface area contributed by atoms with Crippen LogP contribution >= 0.6 is 0 Å². The van der Waals surface area contributed by atoms with Crippen LogP contribution in [0.15, 0.2) is 0 Å². The molecule has 7 nitrogen and oxygen atoms in total. The van der Waals surface area contributed by atoms with Crippen LogP contribution < -0.4 is 5.32 Å². The van der Waals surface area contributed by atoms with Crippen LogP contribution in [0.4, 0.5) is 4.79 Å². The minimum Gasteiger partial charge on any atom is -0.481 e. The van der Waals surface area contributed by atoms with E-state index in [1.807, 2.05) is 13.8 Å². The molecule has 1 atom stereocenters. The molecule has 0 aromatic heterocycles. The third kappa shape index (κ3) is 11.1. The zero-order valence-corrected chi connectivity index (χ0v) is 13.9. The van der Waals surface area contributed by atoms with Gasteiger partial charge in [0.2, 0.25) is 0 Å². The predicted molar refractivity (Wildman–Crippen MR) is 80.9 cm³/mol. The number of nitrogens with one attached hydrogen (secondary N) is 1. The topological polar surface area (TPSA) is 104 Å². The quantitative estimate of drug-likeness (QED) is 0.654. The van der Waals surface area contributed by atoms with Gasteiger partial charge >= 0.3 is 12.0 Å². The average Bonchev–Trinajstić information content (AvgIpc) is 2.30. The summed E-state index contributed by atoms with van der Waals surface area (Å²) in [4.78, 5) is 23.9. The van der Waals surface area contributed by atoms with Gasteiger partial charge in [0.15, 0.2) is 0 Å². The van der Waals surface area contributed by atoms with Crippen LogP contribution in [0, 0.1) is 11.8 Å². The lowest BCUT2D eigenvalue weighted by atomic mass is 9.94. The third-order valence-electron chi connectivity index (χ3n) is 2.95. The zero-order chi connectivity index (χ0) is 16.6. The number of aliphatic carboxylic acids is 1. The number of urea groups is 1. The summed E-state index contributed by atoms with van der Waals surface area (Å²) >= 11 is 0. The van der Waals surface area contributed by atoms with E-state index < -0.39 is 21.8 Å². The first-order valence-corrected chi connectivity index (χ1v) is 8.95. The van der Waals surface area contributed by atoms with Crippen LogP contribution in [0.1, 0.15) is 26.7 Å². The zero-order valence-electron chi connectivity index (χ0n) is 13.1. The molecule has 0 saturated carbocycles. The molecule has 21 heavy (non-hydrogen) atoms. The molecule has 8 heteroatoms. The molecule has 0 radical (unpaired) electrons. The van der Waals surface area contributed by atoms with E-state index >= 15 is 0 Å². The van der Waals surface area contributed by atoms with Crippen LogP contribution in [0.3, 0.4) is 0 Å². The van der Waals surface area contributed by atoms with E-state index in [0.29, 0.717) is 12.3 Å². The Labute approximate surface area is 126 Å². The fourth-order valence-electron chi connectivity index (χ4n) is 1.92. The van der Waals surface area contributed by atoms with Gasteiger partial charge in [0.05, 0.1) is 5.75 Å². The monoisotopic (exact) mass is 322 g/mol. The lowest BCUT2D eigenvalue weighted by molar-refractivity contribution is -0.138. The largest absolute Gasteiger partial charge is 0.481 e. The van der Waals surface area contributed by atoms with Gasteiger partial charge in [0.1, 0.15) is 9.84 Å². The molecule has 0 aromatic carbocycles. The van der Waals surface area contributed by atoms with Crippen LogP contribution in [-0.4, -0.2) is 62.6 Å². The van der Waals surface area contributed by atoms with E-state index in [-0.39, 0.29) is 31.2 Å². The first-order chi connectivity index (χ1) is 9.51. The summed E-state index contributed by atoms with van der Waals surface area (Å²) < 4.78 is 22.1. The molecular weight excluding hydrogens is 296 g/mol. The summed E-state index contributed by atoms with van der Waals surface area (Å²) in [6.07, 6.45) is 1.83. The molecule has 0 spiro atoms. The number of amides is 2. The number of carboxylic acid groups (broad SMARTS) is 1. The number of nitrogens with zero attached hydrogens (tertiary/aromatic N) is 1. The van der Waals surface area contributed by atoms with Crippen molar-refractivity contribution in [1.29, 1.82) is 0 Å². The van der Waals surface area contributed by atoms with Gasteiger partial charge in [-0.3, -0.25) is 4.79 Å². The summed E-state index contributed by atoms with van der Waals surface area (Å²) in [7, 11) is -1.61. The molecule has 0 bridgehead atoms. The van der Waals surface area contributed by atoms with Gasteiger partial charge in [-0.05, 0) is 18.3 Å². The fourth-order valence-corrected chi connectivity index (χ4v) is 2.53. The summed E-state index contributed by atoms with van der Waals surface area (Å²) in [5, 5.41) is 11.5. The van der Waals surface area contributed by atoms with E-state index in [9.17, 15) is 18.0 Å². The smallest absolute Gasteiger partial charge is 0.317 e. The Morgan fingerprint density at radius 1 is 1.29 bits per heavy atom. The van der Waals surface area contributed by atoms with Gasteiger partial charge in [0, 0.05) is 32.8 Å². The van der Waals surface area contributed by atoms with Crippen LogP contribution in [0.25, 0.3) is 0 Å². The summed E-state index contributed by atoms with van der Waals surface area (Å²) in [5.41, 5.74) is 0. The van der Waals surface area contributed by atoms with Crippen molar-refractivity contribution < 1.29 is 23.1 Å². The van der Waals surface area contributed by atoms with Gasteiger partial charge in [-0.1, -0.05) is 13.8 Å². The number of carboxylic acids is 1. The molecule has 0 aliphatic heterocycles. The molecule has 0 aromatic rings. The second-order valence-electron chi connectivity index (χ2n) is 5.83. The Bertz CT molecular complexity index is 447. The van der Waals surface area contributed by atoms with Gasteiger partial charge in [0.25, 0.3) is 0 Å². The van der Waals surface area contributed by atoms with Crippen LogP contribution in [-0.2, 0) is 14.6 Å². The number of carbonyl (C=O) groups excluding carboxylic acids is 1. The van der Waals surface area contributed by atoms with Crippen molar-refractivity contribution in [2.45, 2.75) is 26.7 Å². The van der Waals surface area contributed by atoms with E-state index in [2.05, 4.69) is 5.32 Å². The Kier molecular flexibility index (Phi) is 8.31. The van der Waals surface area contributed by atoms with Crippen molar-refractivity contribution >= 4 is 21.8 Å². The average molecular weight is 322 g/mol. The summed E-state index contributed by atoms with van der Waals surface area (Å²) in [6, 6.07) is -0.391. The molecule has 0 fully saturated rings. The van der Waals surface area contributed by atoms with E-state index in [1.54, 1.807) is 0 Å². The van der Waals surface area contributed by atoms with Crippen molar-refractivity contribution in [1.82, 2.24) is 10.2 Å². The number of sulfone groups is 1. The first kappa shape index (κ1) is 19.7. The molecule has 1 unspecified atom stereocenters. The summed E-state index contributed by atoms with van der Waals surface area (Å²) in [6.45, 7) is 4.37. The van der Waals surface area contributed by atoms with Crippen LogP contribution in [0.2, 0.25) is 0 Å². The molecule has 2 amide bonds. The van der Waals surface area contributed by atoms with Gasteiger partial charge in [-0.15, -0.1) is 0 Å². The highest BCUT2D eigenvalue weighted by Crippen LogP contribution is 2.14. The predicted octanol–water partition coefficient (Wildman–Crippen LogP) is 0.809. The second-order valence-corrected chi connectivity index (χ2v) is 8.09. The molecule has 0 rings (SSSR count).